The van der Waals surface area contributed by atoms with E-state index in [9.17, 15) is 31.9 Å². The summed E-state index contributed by atoms with van der Waals surface area (Å²) in [5.74, 6) is -3.61. The molecule has 238 valence electrons. The Hall–Kier alpha value is -4.60. The number of piperidine rings is 1. The van der Waals surface area contributed by atoms with E-state index >= 15 is 0 Å². The van der Waals surface area contributed by atoms with Crippen LogP contribution >= 0.6 is 11.6 Å². The zero-order chi connectivity index (χ0) is 32.7. The van der Waals surface area contributed by atoms with Gasteiger partial charge < -0.3 is 24.4 Å². The van der Waals surface area contributed by atoms with Crippen LogP contribution in [0.2, 0.25) is 5.02 Å². The second kappa shape index (κ2) is 12.1. The molecule has 45 heavy (non-hydrogen) atoms. The lowest BCUT2D eigenvalue weighted by Crippen LogP contribution is -2.36. The molecule has 1 saturated heterocycles. The van der Waals surface area contributed by atoms with E-state index in [0.717, 1.165) is 31.3 Å². The molecular formula is C28H24ClF5N6O5. The highest BCUT2D eigenvalue weighted by Crippen LogP contribution is 2.64. The van der Waals surface area contributed by atoms with Gasteiger partial charge in [0.05, 0.1) is 6.20 Å². The number of aromatic carboxylic acids is 1. The zero-order valence-corrected chi connectivity index (χ0v) is 24.1. The molecule has 1 atom stereocenters. The Morgan fingerprint density at radius 1 is 1.07 bits per heavy atom. The third kappa shape index (κ3) is 6.74. The number of halogens is 6. The van der Waals surface area contributed by atoms with Crippen LogP contribution in [0, 0.1) is 17.0 Å². The van der Waals surface area contributed by atoms with Crippen molar-refractivity contribution in [2.45, 2.75) is 38.0 Å². The normalized spacial score (nSPS) is 17.1. The number of carboxylic acid groups (broad SMARTS) is 2. The fourth-order valence-electron chi connectivity index (χ4n) is 5.36. The first-order chi connectivity index (χ1) is 21.2. The van der Waals surface area contributed by atoms with Crippen molar-refractivity contribution < 1.29 is 46.5 Å². The van der Waals surface area contributed by atoms with Crippen molar-refractivity contribution in [2.24, 2.45) is 12.5 Å². The summed E-state index contributed by atoms with van der Waals surface area (Å²) in [6, 6.07) is 7.39. The lowest BCUT2D eigenvalue weighted by Gasteiger charge is -2.33. The number of anilines is 1. The summed E-state index contributed by atoms with van der Waals surface area (Å²) >= 11 is 5.79. The number of rotatable bonds is 6. The van der Waals surface area contributed by atoms with Crippen LogP contribution in [0.5, 0.6) is 6.01 Å². The number of hydrogen-bond donors (Lipinski definition) is 2. The van der Waals surface area contributed by atoms with Crippen molar-refractivity contribution in [3.05, 3.63) is 70.3 Å². The predicted octanol–water partition coefficient (Wildman–Crippen LogP) is 5.37. The molecule has 1 aromatic carbocycles. The number of aryl methyl sites for hydroxylation is 1. The number of imidazole rings is 1. The van der Waals surface area contributed by atoms with Gasteiger partial charge in [-0.1, -0.05) is 17.7 Å². The van der Waals surface area contributed by atoms with E-state index in [-0.39, 0.29) is 40.5 Å². The Morgan fingerprint density at radius 3 is 2.38 bits per heavy atom. The van der Waals surface area contributed by atoms with Crippen LogP contribution in [0.15, 0.2) is 36.5 Å². The highest BCUT2D eigenvalue weighted by Gasteiger charge is 2.57. The largest absolute Gasteiger partial charge is 0.490 e. The maximum atomic E-state index is 14.7. The quantitative estimate of drug-likeness (QED) is 0.260. The number of benzene rings is 1. The van der Waals surface area contributed by atoms with Crippen molar-refractivity contribution in [3.8, 4) is 6.01 Å². The van der Waals surface area contributed by atoms with Gasteiger partial charge in [0, 0.05) is 36.6 Å². The average molecular weight is 655 g/mol. The molecule has 4 heterocycles. The van der Waals surface area contributed by atoms with Crippen LogP contribution in [0.25, 0.3) is 11.2 Å². The fraction of sp³-hybridized carbons (Fsp3) is 0.357. The maximum absolute atomic E-state index is 14.7. The molecule has 0 radical (unpaired) electrons. The van der Waals surface area contributed by atoms with Crippen molar-refractivity contribution in [3.63, 3.8) is 0 Å². The number of hydrogen-bond acceptors (Lipinski definition) is 8. The third-order valence-corrected chi connectivity index (χ3v) is 8.08. The van der Waals surface area contributed by atoms with Crippen molar-refractivity contribution in [1.82, 2.24) is 24.5 Å². The first-order valence-corrected chi connectivity index (χ1v) is 13.8. The molecule has 6 rings (SSSR count). The van der Waals surface area contributed by atoms with Gasteiger partial charge in [0.2, 0.25) is 0 Å². The Kier molecular flexibility index (Phi) is 8.53. The molecular weight excluding hydrogens is 631 g/mol. The minimum Gasteiger partial charge on any atom is -0.477 e. The van der Waals surface area contributed by atoms with E-state index in [1.165, 1.54) is 18.2 Å². The molecule has 2 N–H and O–H groups in total. The Bertz CT molecular complexity index is 1780. The van der Waals surface area contributed by atoms with Gasteiger partial charge >= 0.3 is 24.1 Å². The third-order valence-electron chi connectivity index (χ3n) is 7.85. The van der Waals surface area contributed by atoms with E-state index in [0.29, 0.717) is 29.8 Å². The number of aliphatic carboxylic acids is 1. The highest BCUT2D eigenvalue weighted by atomic mass is 35.5. The topological polar surface area (TPSA) is 144 Å². The Morgan fingerprint density at radius 2 is 1.76 bits per heavy atom. The summed E-state index contributed by atoms with van der Waals surface area (Å²) in [6.45, 7) is 1.09. The van der Waals surface area contributed by atoms with Gasteiger partial charge in [-0.2, -0.15) is 18.2 Å². The van der Waals surface area contributed by atoms with E-state index in [4.69, 9.17) is 31.2 Å². The second-order valence-corrected chi connectivity index (χ2v) is 11.1. The lowest BCUT2D eigenvalue weighted by molar-refractivity contribution is -0.192. The van der Waals surface area contributed by atoms with Crippen molar-refractivity contribution in [1.29, 1.82) is 0 Å². The van der Waals surface area contributed by atoms with E-state index in [1.54, 1.807) is 12.1 Å². The fourth-order valence-corrected chi connectivity index (χ4v) is 5.52. The van der Waals surface area contributed by atoms with Crippen LogP contribution in [-0.2, 0) is 18.4 Å². The molecule has 2 aliphatic rings. The molecule has 4 aromatic rings. The number of fused-ring (bicyclic) bond motifs is 1. The Balaban J connectivity index is 0.000000515. The maximum Gasteiger partial charge on any atom is 0.490 e. The van der Waals surface area contributed by atoms with Gasteiger partial charge in [0.15, 0.2) is 23.0 Å². The van der Waals surface area contributed by atoms with Gasteiger partial charge in [-0.3, -0.25) is 0 Å². The van der Waals surface area contributed by atoms with Crippen molar-refractivity contribution in [2.75, 3.05) is 18.0 Å². The smallest absolute Gasteiger partial charge is 0.477 e. The molecule has 1 saturated carbocycles. The van der Waals surface area contributed by atoms with E-state index in [2.05, 4.69) is 15.0 Å². The summed E-state index contributed by atoms with van der Waals surface area (Å²) in [5, 5.41) is 16.7. The van der Waals surface area contributed by atoms with Crippen LogP contribution in [0.3, 0.4) is 0 Å². The molecule has 1 unspecified atom stereocenters. The van der Waals surface area contributed by atoms with Gasteiger partial charge in [-0.05, 0) is 48.9 Å². The predicted molar refractivity (Wildman–Crippen MR) is 148 cm³/mol. The van der Waals surface area contributed by atoms with Crippen LogP contribution in [0.4, 0.5) is 27.8 Å². The number of aromatic nitrogens is 5. The molecule has 1 aliphatic heterocycles. The summed E-state index contributed by atoms with van der Waals surface area (Å²) in [5.41, 5.74) is 1.55. The SMILES string of the molecule is Cn1c(C2CC23CCN(c2nc(OCc4ccc(Cl)cc4F)ncc2F)CC3)nc2ccc(C(=O)O)nc21.O=C(O)C(F)(F)F. The molecule has 17 heteroatoms. The molecule has 1 aliphatic carbocycles. The standard InChI is InChI=1S/C26H23ClF2N6O3.C2HF3O2/c1-34-21(31-19-4-5-20(24(36)37)32-23(19)34)16-11-26(16)6-8-35(9-7-26)22-18(29)12-30-25(33-22)38-13-14-2-3-15(27)10-17(14)28;3-2(4,5)1(6)7/h2-5,10,12,16H,6-9,11,13H2,1H3,(H,36,37);(H,6,7). The van der Waals surface area contributed by atoms with Gasteiger partial charge in [0.25, 0.3) is 0 Å². The van der Waals surface area contributed by atoms with E-state index < -0.39 is 29.7 Å². The number of nitrogens with zero attached hydrogens (tertiary/aromatic N) is 6. The second-order valence-electron chi connectivity index (χ2n) is 10.6. The minimum atomic E-state index is -5.08. The monoisotopic (exact) mass is 654 g/mol. The van der Waals surface area contributed by atoms with Crippen LogP contribution in [-0.4, -0.2) is 65.9 Å². The molecule has 3 aromatic heterocycles. The number of pyridine rings is 1. The van der Waals surface area contributed by atoms with Crippen molar-refractivity contribution >= 4 is 40.5 Å². The lowest BCUT2D eigenvalue weighted by atomic mass is 9.90. The van der Waals surface area contributed by atoms with Crippen LogP contribution in [0.1, 0.15) is 47.1 Å². The molecule has 2 fully saturated rings. The molecule has 1 spiro atoms. The molecule has 0 amide bonds. The summed E-state index contributed by atoms with van der Waals surface area (Å²) in [7, 11) is 1.86. The van der Waals surface area contributed by atoms with Gasteiger partial charge in [-0.25, -0.2) is 33.3 Å². The first kappa shape index (κ1) is 31.8. The number of carbonyl (C=O) groups is 2. The van der Waals surface area contributed by atoms with E-state index in [1.807, 2.05) is 16.5 Å². The summed E-state index contributed by atoms with van der Waals surface area (Å²) in [4.78, 5) is 39.2. The number of carboxylic acids is 2. The zero-order valence-electron chi connectivity index (χ0n) is 23.4. The highest BCUT2D eigenvalue weighted by molar-refractivity contribution is 6.30. The number of alkyl halides is 3. The first-order valence-electron chi connectivity index (χ1n) is 13.4. The molecule has 0 bridgehead atoms. The van der Waals surface area contributed by atoms with Gasteiger partial charge in [0.1, 0.15) is 23.8 Å². The summed E-state index contributed by atoms with van der Waals surface area (Å²) < 4.78 is 67.9. The minimum absolute atomic E-state index is 0.0144. The molecule has 11 nitrogen and oxygen atoms in total. The Labute approximate surface area is 256 Å². The summed E-state index contributed by atoms with van der Waals surface area (Å²) in [6.07, 6.45) is -1.41. The van der Waals surface area contributed by atoms with Crippen LogP contribution < -0.4 is 9.64 Å². The average Bonchev–Trinajstić information content (AvgIpc) is 3.57. The van der Waals surface area contributed by atoms with Gasteiger partial charge in [-0.15, -0.1) is 0 Å². The number of ether oxygens (including phenoxy) is 1.